The van der Waals surface area contributed by atoms with Crippen LogP contribution in [0.4, 0.5) is 0 Å². The molecule has 1 aromatic carbocycles. The molecule has 2 aromatic rings. The van der Waals surface area contributed by atoms with E-state index in [0.29, 0.717) is 18.3 Å². The first-order chi connectivity index (χ1) is 11.1. The number of nitrogens with one attached hydrogen (secondary N) is 2. The van der Waals surface area contributed by atoms with E-state index in [2.05, 4.69) is 32.7 Å². The van der Waals surface area contributed by atoms with Crippen LogP contribution >= 0.6 is 12.4 Å². The third-order valence-corrected chi connectivity index (χ3v) is 3.99. The normalized spacial score (nSPS) is 18.0. The van der Waals surface area contributed by atoms with Gasteiger partial charge >= 0.3 is 0 Å². The average Bonchev–Trinajstić information content (AvgIpc) is 3.03. The van der Waals surface area contributed by atoms with Crippen molar-refractivity contribution in [1.29, 1.82) is 0 Å². The van der Waals surface area contributed by atoms with Crippen LogP contribution in [0.15, 0.2) is 28.8 Å². The van der Waals surface area contributed by atoms with E-state index in [9.17, 15) is 4.79 Å². The largest absolute Gasteiger partial charge is 0.352 e. The number of aromatic nitrogens is 2. The lowest BCUT2D eigenvalue weighted by molar-refractivity contribution is -0.119. The van der Waals surface area contributed by atoms with Crippen molar-refractivity contribution in [1.82, 2.24) is 25.7 Å². The van der Waals surface area contributed by atoms with Crippen molar-refractivity contribution in [2.45, 2.75) is 19.5 Å². The minimum atomic E-state index is -0.0409. The molecule has 1 aliphatic rings. The molecule has 8 heteroatoms. The Bertz CT molecular complexity index is 673. The number of halogens is 1. The second-order valence-electron chi connectivity index (χ2n) is 5.76. The Labute approximate surface area is 147 Å². The molecule has 130 valence electrons. The number of amides is 1. The van der Waals surface area contributed by atoms with Crippen LogP contribution in [0.2, 0.25) is 0 Å². The zero-order valence-corrected chi connectivity index (χ0v) is 14.6. The number of nitrogens with zero attached hydrogens (tertiary/aromatic N) is 3. The number of carbonyl (C=O) groups is 1. The van der Waals surface area contributed by atoms with Crippen LogP contribution in [0, 0.1) is 0 Å². The van der Waals surface area contributed by atoms with Crippen LogP contribution in [0.5, 0.6) is 0 Å². The highest BCUT2D eigenvalue weighted by molar-refractivity contribution is 5.85. The maximum absolute atomic E-state index is 10.9. The summed E-state index contributed by atoms with van der Waals surface area (Å²) in [6, 6.07) is 7.89. The number of piperazine rings is 1. The predicted octanol–water partition coefficient (Wildman–Crippen LogP) is 1.37. The maximum atomic E-state index is 10.9. The van der Waals surface area contributed by atoms with E-state index < -0.39 is 0 Å². The Morgan fingerprint density at radius 1 is 1.42 bits per heavy atom. The van der Waals surface area contributed by atoms with Crippen LogP contribution in [-0.4, -0.2) is 47.6 Å². The van der Waals surface area contributed by atoms with Crippen LogP contribution in [-0.2, 0) is 11.3 Å². The van der Waals surface area contributed by atoms with Crippen molar-refractivity contribution < 1.29 is 9.32 Å². The smallest absolute Gasteiger partial charge is 0.257 e. The van der Waals surface area contributed by atoms with Gasteiger partial charge in [0.15, 0.2) is 5.82 Å². The first-order valence-electron chi connectivity index (χ1n) is 7.72. The molecule has 7 nitrogen and oxygen atoms in total. The topological polar surface area (TPSA) is 83.3 Å². The molecule has 0 radical (unpaired) electrons. The molecule has 3 rings (SSSR count). The molecule has 0 spiro atoms. The Balaban J connectivity index is 0.00000208. The third-order valence-electron chi connectivity index (χ3n) is 3.99. The van der Waals surface area contributed by atoms with Gasteiger partial charge in [0, 0.05) is 38.7 Å². The summed E-state index contributed by atoms with van der Waals surface area (Å²) in [6.07, 6.45) is 0. The quantitative estimate of drug-likeness (QED) is 0.865. The first-order valence-corrected chi connectivity index (χ1v) is 7.72. The van der Waals surface area contributed by atoms with Crippen molar-refractivity contribution in [3.63, 3.8) is 0 Å². The van der Waals surface area contributed by atoms with Gasteiger partial charge in [-0.3, -0.25) is 9.69 Å². The Morgan fingerprint density at radius 3 is 2.83 bits per heavy atom. The summed E-state index contributed by atoms with van der Waals surface area (Å²) in [7, 11) is 2.07. The van der Waals surface area contributed by atoms with E-state index >= 15 is 0 Å². The summed E-state index contributed by atoms with van der Waals surface area (Å²) in [4.78, 5) is 17.7. The average molecular weight is 352 g/mol. The van der Waals surface area contributed by atoms with Crippen LogP contribution in [0.3, 0.4) is 0 Å². The van der Waals surface area contributed by atoms with Crippen LogP contribution in [0.1, 0.15) is 24.4 Å². The predicted molar refractivity (Wildman–Crippen MR) is 92.7 cm³/mol. The zero-order chi connectivity index (χ0) is 16.2. The van der Waals surface area contributed by atoms with Gasteiger partial charge in [0.1, 0.15) is 0 Å². The molecular formula is C16H22ClN5O2. The van der Waals surface area contributed by atoms with Crippen LogP contribution in [0.25, 0.3) is 11.5 Å². The highest BCUT2D eigenvalue weighted by atomic mass is 35.5. The van der Waals surface area contributed by atoms with Crippen molar-refractivity contribution in [2.24, 2.45) is 0 Å². The summed E-state index contributed by atoms with van der Waals surface area (Å²) < 4.78 is 5.41. The highest BCUT2D eigenvalue weighted by Crippen LogP contribution is 2.23. The van der Waals surface area contributed by atoms with Gasteiger partial charge in [-0.1, -0.05) is 17.3 Å². The summed E-state index contributed by atoms with van der Waals surface area (Å²) in [6.45, 7) is 4.79. The molecule has 24 heavy (non-hydrogen) atoms. The number of carbonyl (C=O) groups excluding carboxylic acids is 1. The fraction of sp³-hybridized carbons (Fsp3) is 0.438. The molecular weight excluding hydrogens is 330 g/mol. The van der Waals surface area contributed by atoms with Crippen molar-refractivity contribution in [3.05, 3.63) is 35.7 Å². The number of hydrogen-bond donors (Lipinski definition) is 2. The molecule has 0 bridgehead atoms. The minimum Gasteiger partial charge on any atom is -0.352 e. The number of likely N-dealkylation sites (N-methyl/N-ethyl adjacent to an activating group) is 1. The van der Waals surface area contributed by atoms with E-state index in [1.807, 2.05) is 24.3 Å². The Morgan fingerprint density at radius 2 is 2.17 bits per heavy atom. The van der Waals surface area contributed by atoms with Gasteiger partial charge in [-0.2, -0.15) is 4.98 Å². The molecule has 0 aliphatic carbocycles. The second kappa shape index (κ2) is 8.23. The number of rotatable bonds is 4. The van der Waals surface area contributed by atoms with E-state index in [4.69, 9.17) is 4.52 Å². The lowest BCUT2D eigenvalue weighted by Gasteiger charge is -2.30. The van der Waals surface area contributed by atoms with Gasteiger partial charge in [-0.05, 0) is 24.7 Å². The number of hydrogen-bond acceptors (Lipinski definition) is 6. The van der Waals surface area contributed by atoms with Crippen molar-refractivity contribution in [3.8, 4) is 11.5 Å². The molecule has 1 fully saturated rings. The summed E-state index contributed by atoms with van der Waals surface area (Å²) in [5, 5.41) is 10.2. The summed E-state index contributed by atoms with van der Waals surface area (Å²) in [5.41, 5.74) is 1.90. The van der Waals surface area contributed by atoms with E-state index in [-0.39, 0.29) is 24.4 Å². The van der Waals surface area contributed by atoms with Gasteiger partial charge in [-0.25, -0.2) is 0 Å². The van der Waals surface area contributed by atoms with E-state index in [0.717, 1.165) is 30.8 Å². The minimum absolute atomic E-state index is 0. The molecule has 1 amide bonds. The van der Waals surface area contributed by atoms with E-state index in [1.165, 1.54) is 6.92 Å². The first kappa shape index (κ1) is 18.4. The second-order valence-corrected chi connectivity index (χ2v) is 5.76. The maximum Gasteiger partial charge on any atom is 0.257 e. The molecule has 1 saturated heterocycles. The number of benzene rings is 1. The highest BCUT2D eigenvalue weighted by Gasteiger charge is 2.25. The molecule has 1 aromatic heterocycles. The van der Waals surface area contributed by atoms with Crippen LogP contribution < -0.4 is 10.6 Å². The molecule has 1 atom stereocenters. The Kier molecular flexibility index (Phi) is 6.30. The third kappa shape index (κ3) is 4.31. The zero-order valence-electron chi connectivity index (χ0n) is 13.8. The van der Waals surface area contributed by atoms with Gasteiger partial charge in [0.2, 0.25) is 5.91 Å². The molecule has 1 unspecified atom stereocenters. The fourth-order valence-corrected chi connectivity index (χ4v) is 2.57. The van der Waals surface area contributed by atoms with Gasteiger partial charge in [0.25, 0.3) is 5.89 Å². The lowest BCUT2D eigenvalue weighted by atomic mass is 10.1. The summed E-state index contributed by atoms with van der Waals surface area (Å²) >= 11 is 0. The molecule has 2 heterocycles. The van der Waals surface area contributed by atoms with E-state index in [1.54, 1.807) is 0 Å². The fourth-order valence-electron chi connectivity index (χ4n) is 2.57. The van der Waals surface area contributed by atoms with Gasteiger partial charge in [0.05, 0.1) is 6.04 Å². The van der Waals surface area contributed by atoms with Crippen molar-refractivity contribution >= 4 is 18.3 Å². The standard InChI is InChI=1S/C16H21N5O2.ClH/c1-11(22)18-9-12-3-5-13(6-4-12)16-19-15(20-23-16)14-10-17-7-8-21(14)2;/h3-6,14,17H,7-10H2,1-2H3,(H,18,22);1H. The van der Waals surface area contributed by atoms with Gasteiger partial charge in [-0.15, -0.1) is 12.4 Å². The van der Waals surface area contributed by atoms with Crippen molar-refractivity contribution in [2.75, 3.05) is 26.7 Å². The SMILES string of the molecule is CC(=O)NCc1ccc(-c2nc(C3CNCCN3C)no2)cc1.Cl. The lowest BCUT2D eigenvalue weighted by Crippen LogP contribution is -2.44. The Hall–Kier alpha value is -1.96. The molecule has 2 N–H and O–H groups in total. The molecule has 0 saturated carbocycles. The summed E-state index contributed by atoms with van der Waals surface area (Å²) in [5.74, 6) is 1.18. The monoisotopic (exact) mass is 351 g/mol. The molecule has 1 aliphatic heterocycles. The van der Waals surface area contributed by atoms with Gasteiger partial charge < -0.3 is 15.2 Å².